The molecule has 1 heterocycles. The first-order chi connectivity index (χ1) is 35.5. The highest BCUT2D eigenvalue weighted by atomic mass is 16.5. The molecule has 0 bridgehead atoms. The second-order valence-corrected chi connectivity index (χ2v) is 18.5. The number of benzene rings is 2. The first kappa shape index (κ1) is 61.4. The maximum Gasteiger partial charge on any atom is 0.328 e. The lowest BCUT2D eigenvalue weighted by Gasteiger charge is -2.28. The van der Waals surface area contributed by atoms with E-state index in [2.05, 4.69) is 43.5 Å². The fraction of sp³-hybridized carbons (Fsp3) is 0.472. The molecular weight excluding hydrogens is 969 g/mol. The summed E-state index contributed by atoms with van der Waals surface area (Å²) in [5, 5.41) is 25.8. The number of carboxylic acids is 1. The number of amides is 7. The van der Waals surface area contributed by atoms with Crippen molar-refractivity contribution >= 4 is 59.2 Å². The number of rotatable bonds is 15. The van der Waals surface area contributed by atoms with Crippen LogP contribution in [-0.2, 0) is 65.5 Å². The van der Waals surface area contributed by atoms with Crippen molar-refractivity contribution in [1.82, 2.24) is 36.8 Å². The molecule has 0 spiro atoms. The molecule has 0 unspecified atom stereocenters. The molecule has 0 saturated carbocycles. The van der Waals surface area contributed by atoms with Gasteiger partial charge < -0.3 is 62.8 Å². The van der Waals surface area contributed by atoms with Crippen LogP contribution >= 0.6 is 0 Å². The molecule has 1 fully saturated rings. The highest BCUT2D eigenvalue weighted by molar-refractivity contribution is 6.00. The zero-order valence-corrected chi connectivity index (χ0v) is 43.9. The molecule has 0 aromatic heterocycles. The number of aliphatic carboxylic acids is 1. The minimum absolute atomic E-state index is 0.0283. The predicted molar refractivity (Wildman–Crippen MR) is 279 cm³/mol. The number of ether oxygens (including phenoxy) is 2. The smallest absolute Gasteiger partial charge is 0.328 e. The minimum atomic E-state index is -1.91. The monoisotopic (exact) mass is 1040 g/mol. The molecule has 2 aromatic rings. The van der Waals surface area contributed by atoms with Crippen LogP contribution in [0, 0.1) is 17.8 Å². The summed E-state index contributed by atoms with van der Waals surface area (Å²) in [5.74, 6) is -11.6. The summed E-state index contributed by atoms with van der Waals surface area (Å²) in [6.07, 6.45) is 4.80. The number of guanidine groups is 1. The van der Waals surface area contributed by atoms with Gasteiger partial charge >= 0.3 is 11.9 Å². The quantitative estimate of drug-likeness (QED) is 0.0299. The van der Waals surface area contributed by atoms with Crippen LogP contribution in [0.2, 0.25) is 0 Å². The number of hydrogen-bond donors (Lipinski definition) is 9. The Hall–Kier alpha value is -7.88. The van der Waals surface area contributed by atoms with Crippen LogP contribution in [0.15, 0.2) is 102 Å². The number of allylic oxidation sites excluding steroid dienone is 2. The molecule has 75 heavy (non-hydrogen) atoms. The first-order valence-corrected chi connectivity index (χ1v) is 24.6. The Labute approximate surface area is 437 Å². The third-order valence-electron chi connectivity index (χ3n) is 12.7. The molecule has 1 aliphatic rings. The second kappa shape index (κ2) is 30.3. The predicted octanol–water partition coefficient (Wildman–Crippen LogP) is 0.903. The summed E-state index contributed by atoms with van der Waals surface area (Å²) in [4.78, 5) is 128. The summed E-state index contributed by atoms with van der Waals surface area (Å²) >= 11 is 0. The number of carbonyl (C=O) groups excluding carboxylic acids is 8. The fourth-order valence-corrected chi connectivity index (χ4v) is 7.95. The van der Waals surface area contributed by atoms with Crippen LogP contribution < -0.4 is 43.4 Å². The topological polar surface area (TPSA) is 332 Å². The van der Waals surface area contributed by atoms with Gasteiger partial charge in [-0.05, 0) is 50.7 Å². The molecule has 10 atom stereocenters. The van der Waals surface area contributed by atoms with Crippen molar-refractivity contribution in [3.8, 4) is 0 Å². The van der Waals surface area contributed by atoms with Gasteiger partial charge in [0, 0.05) is 39.5 Å². The summed E-state index contributed by atoms with van der Waals surface area (Å²) in [7, 11) is 3.96. The van der Waals surface area contributed by atoms with Gasteiger partial charge in [0.25, 0.3) is 5.91 Å². The number of nitrogens with two attached hydrogens (primary N) is 2. The van der Waals surface area contributed by atoms with E-state index >= 15 is 0 Å². The van der Waals surface area contributed by atoms with Crippen molar-refractivity contribution in [3.63, 3.8) is 0 Å². The fourth-order valence-electron chi connectivity index (χ4n) is 7.95. The van der Waals surface area contributed by atoms with Crippen LogP contribution in [0.3, 0.4) is 0 Å². The van der Waals surface area contributed by atoms with Gasteiger partial charge in [0.05, 0.1) is 31.1 Å². The average Bonchev–Trinajstić information content (AvgIpc) is 3.38. The lowest BCUT2D eigenvalue weighted by molar-refractivity contribution is -0.147. The maximum atomic E-state index is 14.5. The molecule has 22 heteroatoms. The maximum absolute atomic E-state index is 14.5. The number of aliphatic imine (C=N–C) groups is 1. The van der Waals surface area contributed by atoms with Crippen molar-refractivity contribution in [1.29, 1.82) is 0 Å². The van der Waals surface area contributed by atoms with Crippen LogP contribution in [0.1, 0.15) is 71.4 Å². The lowest BCUT2D eigenvalue weighted by Crippen LogP contribution is -2.59. The van der Waals surface area contributed by atoms with Gasteiger partial charge in [-0.15, -0.1) is 0 Å². The Balaban J connectivity index is 2.15. The molecule has 1 saturated heterocycles. The second-order valence-electron chi connectivity index (χ2n) is 18.5. The number of carboxylic acid groups (broad SMARTS) is 1. The Morgan fingerprint density at radius 2 is 1.40 bits per heavy atom. The van der Waals surface area contributed by atoms with E-state index in [-0.39, 0.29) is 55.9 Å². The number of carbonyl (C=O) groups is 9. The lowest BCUT2D eigenvalue weighted by atomic mass is 9.94. The minimum Gasteiger partial charge on any atom is -0.480 e. The van der Waals surface area contributed by atoms with Gasteiger partial charge in [-0.2, -0.15) is 0 Å². The van der Waals surface area contributed by atoms with Crippen molar-refractivity contribution < 1.29 is 57.7 Å². The van der Waals surface area contributed by atoms with Gasteiger partial charge in [-0.25, -0.2) is 9.59 Å². The van der Waals surface area contributed by atoms with Crippen molar-refractivity contribution in [2.24, 2.45) is 34.2 Å². The number of likely N-dealkylation sites (N-methyl/N-ethyl adjacent to an activating group) is 1. The van der Waals surface area contributed by atoms with Gasteiger partial charge in [0.1, 0.15) is 35.9 Å². The summed E-state index contributed by atoms with van der Waals surface area (Å²) in [6, 6.07) is 9.59. The van der Waals surface area contributed by atoms with Crippen LogP contribution in [0.5, 0.6) is 0 Å². The zero-order chi connectivity index (χ0) is 55.9. The van der Waals surface area contributed by atoms with E-state index < -0.39 is 108 Å². The summed E-state index contributed by atoms with van der Waals surface area (Å²) < 4.78 is 10.8. The van der Waals surface area contributed by atoms with Crippen molar-refractivity contribution in [3.05, 3.63) is 108 Å². The van der Waals surface area contributed by atoms with E-state index in [1.165, 1.54) is 27.8 Å². The number of nitrogens with zero attached hydrogens (tertiary/aromatic N) is 2. The number of methoxy groups -OCH3 is 2. The molecule has 1 aliphatic heterocycles. The Morgan fingerprint density at radius 1 is 0.813 bits per heavy atom. The van der Waals surface area contributed by atoms with Crippen molar-refractivity contribution in [2.75, 3.05) is 27.8 Å². The number of esters is 1. The van der Waals surface area contributed by atoms with Gasteiger partial charge in [0.15, 0.2) is 5.96 Å². The molecule has 22 nitrogen and oxygen atoms in total. The zero-order valence-electron chi connectivity index (χ0n) is 43.9. The molecule has 2 aromatic carbocycles. The summed E-state index contributed by atoms with van der Waals surface area (Å²) in [5.41, 5.74) is 13.1. The van der Waals surface area contributed by atoms with Gasteiger partial charge in [0.2, 0.25) is 35.4 Å². The van der Waals surface area contributed by atoms with E-state index in [9.17, 15) is 48.3 Å². The van der Waals surface area contributed by atoms with Gasteiger partial charge in [-0.3, -0.25) is 38.6 Å². The van der Waals surface area contributed by atoms with Crippen molar-refractivity contribution in [2.45, 2.75) is 115 Å². The molecule has 408 valence electrons. The van der Waals surface area contributed by atoms with E-state index in [1.54, 1.807) is 49.6 Å². The first-order valence-electron chi connectivity index (χ1n) is 24.6. The Bertz CT molecular complexity index is 2430. The molecule has 11 N–H and O–H groups in total. The van der Waals surface area contributed by atoms with Gasteiger partial charge in [-0.1, -0.05) is 112 Å². The van der Waals surface area contributed by atoms with Crippen LogP contribution in [0.25, 0.3) is 0 Å². The molecule has 0 aliphatic carbocycles. The molecular formula is C53H74N10O12. The van der Waals surface area contributed by atoms with E-state index in [1.807, 2.05) is 50.3 Å². The normalized spacial score (nSPS) is 24.4. The van der Waals surface area contributed by atoms with E-state index in [0.29, 0.717) is 12.0 Å². The van der Waals surface area contributed by atoms with Crippen LogP contribution in [-0.4, -0.2) is 139 Å². The molecule has 7 amide bonds. The van der Waals surface area contributed by atoms with Crippen LogP contribution in [0.4, 0.5) is 0 Å². The summed E-state index contributed by atoms with van der Waals surface area (Å²) in [6.45, 7) is 11.5. The highest BCUT2D eigenvalue weighted by Crippen LogP contribution is 2.19. The Morgan fingerprint density at radius 3 is 1.99 bits per heavy atom. The van der Waals surface area contributed by atoms with E-state index in [4.69, 9.17) is 20.9 Å². The average molecular weight is 1040 g/mol. The highest BCUT2D eigenvalue weighted by Gasteiger charge is 2.37. The third kappa shape index (κ3) is 19.8. The van der Waals surface area contributed by atoms with E-state index in [0.717, 1.165) is 23.1 Å². The number of nitrogens with one attached hydrogen (secondary N) is 6. The standard InChI is InChI=1S/C53H74N10O12/c1-30(27-31(2)42(74-8)29-37-19-14-11-15-20-37)22-23-38-32(3)45(65)60-40(52(73)75-9)24-25-43(64)63(7)35(6)48(68)57-34(5)47(67)61-41(28-36-17-12-10-13-18-36)50(70)62-44(51(71)72)33(4)46(66)59-39(49(69)58-38)21-16-26-56-53(54)55/h10-15,17-20,22-23,27,31-34,38-42,44H,6,16,21,24-26,28-29H2,1-5,7-9H3,(H,57,68)(H,58,69)(H,59,66)(H,60,65)(H,61,67)(H,62,70)(H,71,72)(H4,54,55,56)/b23-22+,30-27+/t31-,32-,33-,34+,38-,39-,40+,41-,42-,44+/m0/s1. The third-order valence-corrected chi connectivity index (χ3v) is 12.7. The largest absolute Gasteiger partial charge is 0.480 e. The molecule has 0 radical (unpaired) electrons. The Kier molecular flexibility index (Phi) is 24.9. The SMILES string of the molecule is C=C1C(=O)N[C@H](C)C(=O)N[C@@H](Cc2ccccc2)C(=O)N[C@@H](C(=O)O)[C@H](C)C(=O)N[C@@H](CCCN=C(N)N)C(=O)N[C@@H](/C=C/C(C)=C/[C@H](C)[C@H](Cc2ccccc2)OC)[C@H](C)C(=O)N[C@@H](C(=O)OC)CCC(=O)N1C. The molecule has 3 rings (SSSR count). The number of hydrogen-bond acceptors (Lipinski definition) is 12.